The van der Waals surface area contributed by atoms with Crippen molar-refractivity contribution in [2.45, 2.75) is 6.92 Å². The van der Waals surface area contributed by atoms with Crippen LogP contribution in [-0.4, -0.2) is 11.6 Å². The molecule has 0 aliphatic heterocycles. The maximum Gasteiger partial charge on any atom is 0.214 e. The van der Waals surface area contributed by atoms with Gasteiger partial charge in [-0.15, -0.1) is 0 Å². The van der Waals surface area contributed by atoms with Gasteiger partial charge in [0, 0.05) is 16.5 Å². The van der Waals surface area contributed by atoms with E-state index in [1.54, 1.807) is 0 Å². The number of nitrogens with zero attached hydrogens (tertiary/aromatic N) is 1. The first-order valence-corrected chi connectivity index (χ1v) is 5.47. The Morgan fingerprint density at radius 1 is 1.31 bits per heavy atom. The van der Waals surface area contributed by atoms with Crippen LogP contribution >= 0.6 is 11.6 Å². The fourth-order valence-corrected chi connectivity index (χ4v) is 1.57. The summed E-state index contributed by atoms with van der Waals surface area (Å²) in [5, 5.41) is 1.74. The molecule has 1 aromatic carbocycles. The predicted octanol–water partition coefficient (Wildman–Crippen LogP) is 3.84. The van der Waals surface area contributed by atoms with Crippen molar-refractivity contribution >= 4 is 22.5 Å². The van der Waals surface area contributed by atoms with Gasteiger partial charge in [-0.05, 0) is 31.2 Å². The second-order valence-corrected chi connectivity index (χ2v) is 3.80. The summed E-state index contributed by atoms with van der Waals surface area (Å²) in [7, 11) is 0. The molecule has 3 heteroatoms. The van der Waals surface area contributed by atoms with Crippen LogP contribution in [0, 0.1) is 0 Å². The minimum Gasteiger partial charge on any atom is -0.473 e. The fourth-order valence-electron chi connectivity index (χ4n) is 1.39. The molecule has 0 aliphatic rings. The van der Waals surface area contributed by atoms with Gasteiger partial charge < -0.3 is 4.74 Å². The number of aromatic nitrogens is 1. The lowest BCUT2D eigenvalue weighted by Crippen LogP contribution is -1.95. The largest absolute Gasteiger partial charge is 0.473 e. The molecule has 0 N–H and O–H groups in total. The Morgan fingerprint density at radius 2 is 2.19 bits per heavy atom. The van der Waals surface area contributed by atoms with E-state index in [2.05, 4.69) is 4.98 Å². The van der Waals surface area contributed by atoms with Crippen LogP contribution in [0.5, 0.6) is 5.88 Å². The molecule has 0 saturated heterocycles. The van der Waals surface area contributed by atoms with Crippen molar-refractivity contribution < 1.29 is 4.74 Å². The fraction of sp³-hybridized carbons (Fsp3) is 0.154. The van der Waals surface area contributed by atoms with E-state index in [4.69, 9.17) is 16.3 Å². The number of benzene rings is 1. The molecule has 0 atom stereocenters. The van der Waals surface area contributed by atoms with Gasteiger partial charge in [0.15, 0.2) is 0 Å². The molecular formula is C13H12ClNO. The minimum absolute atomic E-state index is 0.544. The average molecular weight is 234 g/mol. The predicted molar refractivity (Wildman–Crippen MR) is 67.1 cm³/mol. The highest BCUT2D eigenvalue weighted by atomic mass is 35.5. The molecular weight excluding hydrogens is 222 g/mol. The van der Waals surface area contributed by atoms with Gasteiger partial charge >= 0.3 is 0 Å². The van der Waals surface area contributed by atoms with E-state index >= 15 is 0 Å². The van der Waals surface area contributed by atoms with Gasteiger partial charge in [0.25, 0.3) is 0 Å². The molecule has 82 valence electrons. The van der Waals surface area contributed by atoms with E-state index < -0.39 is 0 Å². The van der Waals surface area contributed by atoms with Crippen LogP contribution in [0.2, 0.25) is 5.02 Å². The van der Waals surface area contributed by atoms with Crippen molar-refractivity contribution in [1.82, 2.24) is 4.98 Å². The molecule has 0 bridgehead atoms. The summed E-state index contributed by atoms with van der Waals surface area (Å²) in [6, 6.07) is 9.41. The van der Waals surface area contributed by atoms with Crippen LogP contribution in [0.1, 0.15) is 6.92 Å². The van der Waals surface area contributed by atoms with Crippen LogP contribution in [0.15, 0.2) is 42.5 Å². The van der Waals surface area contributed by atoms with Crippen molar-refractivity contribution in [3.63, 3.8) is 0 Å². The van der Waals surface area contributed by atoms with Gasteiger partial charge in [-0.1, -0.05) is 23.8 Å². The zero-order valence-corrected chi connectivity index (χ0v) is 9.74. The summed E-state index contributed by atoms with van der Waals surface area (Å²) in [5.41, 5.74) is 0.891. The Morgan fingerprint density at radius 3 is 3.00 bits per heavy atom. The molecule has 0 fully saturated rings. The Labute approximate surface area is 99.5 Å². The highest BCUT2D eigenvalue weighted by Gasteiger charge is 1.99. The summed E-state index contributed by atoms with van der Waals surface area (Å²) < 4.78 is 5.45. The highest BCUT2D eigenvalue weighted by Crippen LogP contribution is 2.20. The Hall–Kier alpha value is -1.54. The Kier molecular flexibility index (Phi) is 3.42. The van der Waals surface area contributed by atoms with Crippen LogP contribution in [0.4, 0.5) is 0 Å². The normalized spacial score (nSPS) is 11.1. The lowest BCUT2D eigenvalue weighted by atomic mass is 10.2. The molecule has 0 aliphatic carbocycles. The first kappa shape index (κ1) is 11.0. The maximum atomic E-state index is 5.89. The van der Waals surface area contributed by atoms with Crippen LogP contribution in [0.25, 0.3) is 10.9 Å². The summed E-state index contributed by atoms with van der Waals surface area (Å²) >= 11 is 5.89. The second-order valence-electron chi connectivity index (χ2n) is 3.37. The van der Waals surface area contributed by atoms with Gasteiger partial charge in [0.1, 0.15) is 6.61 Å². The molecule has 1 heterocycles. The molecule has 0 amide bonds. The second kappa shape index (κ2) is 4.99. The summed E-state index contributed by atoms with van der Waals surface area (Å²) in [6.07, 6.45) is 3.88. The Bertz CT molecular complexity index is 522. The summed E-state index contributed by atoms with van der Waals surface area (Å²) in [6.45, 7) is 2.50. The average Bonchev–Trinajstić information content (AvgIpc) is 2.29. The zero-order chi connectivity index (χ0) is 11.4. The van der Waals surface area contributed by atoms with Crippen molar-refractivity contribution in [3.8, 4) is 5.88 Å². The van der Waals surface area contributed by atoms with E-state index in [-0.39, 0.29) is 0 Å². The molecule has 2 rings (SSSR count). The number of hydrogen-bond acceptors (Lipinski definition) is 2. The lowest BCUT2D eigenvalue weighted by Gasteiger charge is -2.03. The number of rotatable bonds is 3. The summed E-state index contributed by atoms with van der Waals surface area (Å²) in [4.78, 5) is 4.37. The number of fused-ring (bicyclic) bond motifs is 1. The third-order valence-corrected chi connectivity index (χ3v) is 2.42. The van der Waals surface area contributed by atoms with E-state index in [1.165, 1.54) is 0 Å². The third-order valence-electron chi connectivity index (χ3n) is 2.19. The van der Waals surface area contributed by atoms with Crippen LogP contribution in [0.3, 0.4) is 0 Å². The molecule has 2 aromatic rings. The zero-order valence-electron chi connectivity index (χ0n) is 8.98. The quantitative estimate of drug-likeness (QED) is 0.752. The van der Waals surface area contributed by atoms with Gasteiger partial charge in [-0.2, -0.15) is 0 Å². The molecule has 1 aromatic heterocycles. The van der Waals surface area contributed by atoms with Gasteiger partial charge in [0.05, 0.1) is 5.52 Å². The Balaban J connectivity index is 2.26. The van der Waals surface area contributed by atoms with Crippen LogP contribution < -0.4 is 4.74 Å². The molecule has 16 heavy (non-hydrogen) atoms. The van der Waals surface area contributed by atoms with Crippen molar-refractivity contribution in [2.75, 3.05) is 6.61 Å². The number of halogens is 1. The standard InChI is InChI=1S/C13H12ClNO/c1-2-3-8-16-13-7-4-10-9-11(14)5-6-12(10)15-13/h2-7,9H,8H2,1H3/b3-2+. The maximum absolute atomic E-state index is 5.89. The van der Waals surface area contributed by atoms with E-state index in [9.17, 15) is 0 Å². The van der Waals surface area contributed by atoms with Crippen molar-refractivity contribution in [2.24, 2.45) is 0 Å². The van der Waals surface area contributed by atoms with Gasteiger partial charge in [0.2, 0.25) is 5.88 Å². The monoisotopic (exact) mass is 233 g/mol. The number of hydrogen-bond donors (Lipinski definition) is 0. The van der Waals surface area contributed by atoms with E-state index in [0.717, 1.165) is 15.9 Å². The number of ether oxygens (including phenoxy) is 1. The van der Waals surface area contributed by atoms with E-state index in [1.807, 2.05) is 49.4 Å². The SMILES string of the molecule is C/C=C/COc1ccc2cc(Cl)ccc2n1. The first-order valence-electron chi connectivity index (χ1n) is 5.10. The molecule has 0 radical (unpaired) electrons. The van der Waals surface area contributed by atoms with E-state index in [0.29, 0.717) is 12.5 Å². The smallest absolute Gasteiger partial charge is 0.214 e. The van der Waals surface area contributed by atoms with Crippen LogP contribution in [-0.2, 0) is 0 Å². The van der Waals surface area contributed by atoms with Crippen molar-refractivity contribution in [3.05, 3.63) is 47.5 Å². The van der Waals surface area contributed by atoms with Gasteiger partial charge in [-0.3, -0.25) is 0 Å². The lowest BCUT2D eigenvalue weighted by molar-refractivity contribution is 0.349. The van der Waals surface area contributed by atoms with Crippen molar-refractivity contribution in [1.29, 1.82) is 0 Å². The summed E-state index contributed by atoms with van der Waals surface area (Å²) in [5.74, 6) is 0.632. The van der Waals surface area contributed by atoms with Gasteiger partial charge in [-0.25, -0.2) is 4.98 Å². The number of allylic oxidation sites excluding steroid dienone is 1. The molecule has 0 spiro atoms. The molecule has 0 saturated carbocycles. The third kappa shape index (κ3) is 2.52. The highest BCUT2D eigenvalue weighted by molar-refractivity contribution is 6.31. The minimum atomic E-state index is 0.544. The molecule has 0 unspecified atom stereocenters. The molecule has 2 nitrogen and oxygen atoms in total. The topological polar surface area (TPSA) is 22.1 Å². The first-order chi connectivity index (χ1) is 7.79. The number of pyridine rings is 1.